The summed E-state index contributed by atoms with van der Waals surface area (Å²) in [5.74, 6) is -0.674. The minimum Gasteiger partial charge on any atom is -0.465 e. The fraction of sp³-hybridized carbons (Fsp3) is 0.176. The Balaban J connectivity index is 1.52. The highest BCUT2D eigenvalue weighted by Crippen LogP contribution is 2.32. The molecule has 0 saturated carbocycles. The molecule has 0 spiro atoms. The summed E-state index contributed by atoms with van der Waals surface area (Å²) >= 11 is 7.48. The Morgan fingerprint density at radius 1 is 1.02 bits per heavy atom. The minimum absolute atomic E-state index is 0.0604. The zero-order valence-corrected chi connectivity index (χ0v) is 25.9. The summed E-state index contributed by atoms with van der Waals surface area (Å²) in [7, 11) is 0. The first-order chi connectivity index (χ1) is 21.3. The molecule has 0 bridgehead atoms. The number of benzene rings is 3. The molecule has 1 aliphatic heterocycles. The van der Waals surface area contributed by atoms with Gasteiger partial charge < -0.3 is 14.6 Å². The van der Waals surface area contributed by atoms with Gasteiger partial charge in [-0.1, -0.05) is 71.5 Å². The van der Waals surface area contributed by atoms with Crippen LogP contribution in [0, 0.1) is 6.92 Å². The van der Waals surface area contributed by atoms with Gasteiger partial charge in [-0.05, 0) is 62.7 Å². The normalized spacial score (nSPS) is 14.8. The number of rotatable bonds is 7. The van der Waals surface area contributed by atoms with Gasteiger partial charge in [-0.3, -0.25) is 19.0 Å². The number of ether oxygens (including phenoxy) is 1. The van der Waals surface area contributed by atoms with Crippen LogP contribution in [0.2, 0.25) is 5.02 Å². The van der Waals surface area contributed by atoms with Crippen LogP contribution in [0.3, 0.4) is 0 Å². The molecule has 2 aromatic heterocycles. The summed E-state index contributed by atoms with van der Waals surface area (Å²) in [5, 5.41) is 4.42. The summed E-state index contributed by atoms with van der Waals surface area (Å²) in [6.45, 7) is 5.84. The number of amides is 1. The number of carbonyl (C=O) groups excluding carboxylic acids is 2. The Morgan fingerprint density at radius 3 is 2.45 bits per heavy atom. The molecule has 44 heavy (non-hydrogen) atoms. The van der Waals surface area contributed by atoms with Gasteiger partial charge in [0.2, 0.25) is 0 Å². The van der Waals surface area contributed by atoms with E-state index in [-0.39, 0.29) is 24.0 Å². The molecule has 0 saturated heterocycles. The van der Waals surface area contributed by atoms with E-state index < -0.39 is 6.04 Å². The summed E-state index contributed by atoms with van der Waals surface area (Å²) < 4.78 is 9.16. The number of thiazole rings is 1. The maximum absolute atomic E-state index is 14.2. The molecule has 10 heteroatoms. The number of para-hydroxylation sites is 2. The van der Waals surface area contributed by atoms with Crippen molar-refractivity contribution in [2.75, 3.05) is 11.9 Å². The second kappa shape index (κ2) is 12.1. The van der Waals surface area contributed by atoms with Gasteiger partial charge >= 0.3 is 5.97 Å². The Hall–Kier alpha value is -4.73. The second-order valence-electron chi connectivity index (χ2n) is 10.4. The lowest BCUT2D eigenvalue weighted by Gasteiger charge is -2.25. The third kappa shape index (κ3) is 5.40. The van der Waals surface area contributed by atoms with E-state index in [1.165, 1.54) is 11.3 Å². The van der Waals surface area contributed by atoms with Gasteiger partial charge in [0.1, 0.15) is 6.54 Å². The molecule has 1 atom stereocenters. The molecule has 6 rings (SSSR count). The summed E-state index contributed by atoms with van der Waals surface area (Å²) in [6, 6.07) is 23.4. The van der Waals surface area contributed by atoms with Crippen LogP contribution in [0.25, 0.3) is 17.0 Å². The summed E-state index contributed by atoms with van der Waals surface area (Å²) in [5.41, 5.74) is 4.52. The quantitative estimate of drug-likeness (QED) is 0.247. The van der Waals surface area contributed by atoms with Crippen LogP contribution < -0.4 is 20.2 Å². The first kappa shape index (κ1) is 29.3. The molecule has 5 aromatic rings. The molecule has 3 aromatic carbocycles. The van der Waals surface area contributed by atoms with Crippen molar-refractivity contribution in [1.82, 2.24) is 9.13 Å². The molecule has 0 radical (unpaired) electrons. The third-order valence-corrected chi connectivity index (χ3v) is 8.87. The van der Waals surface area contributed by atoms with Gasteiger partial charge in [-0.15, -0.1) is 0 Å². The Labute approximate surface area is 262 Å². The second-order valence-corrected chi connectivity index (χ2v) is 11.8. The zero-order chi connectivity index (χ0) is 31.0. The molecule has 8 nitrogen and oxygen atoms in total. The lowest BCUT2D eigenvalue weighted by atomic mass is 9.95. The van der Waals surface area contributed by atoms with Crippen LogP contribution >= 0.6 is 22.9 Å². The minimum atomic E-state index is -0.722. The molecule has 1 amide bonds. The number of nitrogens with zero attached hydrogens (tertiary/aromatic N) is 3. The summed E-state index contributed by atoms with van der Waals surface area (Å²) in [6.07, 6.45) is 1.85. The SMILES string of the molecule is CCOC(=O)Cn1c(C)c(/C=c2\sc3n(c2=O)[C@H](c2ccc(Cl)cc2)C(C(=O)Nc2ccccc2)=C(C)N=3)c2ccccc21. The van der Waals surface area contributed by atoms with Gasteiger partial charge in [-0.25, -0.2) is 4.99 Å². The predicted octanol–water partition coefficient (Wildman–Crippen LogP) is 5.35. The highest BCUT2D eigenvalue weighted by molar-refractivity contribution is 7.07. The molecule has 222 valence electrons. The van der Waals surface area contributed by atoms with Crippen molar-refractivity contribution in [3.8, 4) is 0 Å². The first-order valence-electron chi connectivity index (χ1n) is 14.1. The van der Waals surface area contributed by atoms with Crippen LogP contribution in [0.1, 0.15) is 36.7 Å². The monoisotopic (exact) mass is 624 g/mol. The molecular weight excluding hydrogens is 596 g/mol. The van der Waals surface area contributed by atoms with Crippen LogP contribution in [-0.2, 0) is 20.9 Å². The van der Waals surface area contributed by atoms with Gasteiger partial charge in [-0.2, -0.15) is 0 Å². The van der Waals surface area contributed by atoms with E-state index in [9.17, 15) is 14.4 Å². The van der Waals surface area contributed by atoms with Gasteiger partial charge in [0.15, 0.2) is 4.80 Å². The van der Waals surface area contributed by atoms with Crippen molar-refractivity contribution in [1.29, 1.82) is 0 Å². The fourth-order valence-corrected chi connectivity index (χ4v) is 6.76. The number of nitrogens with one attached hydrogen (secondary N) is 1. The van der Waals surface area contributed by atoms with Gasteiger partial charge in [0.05, 0.1) is 28.5 Å². The fourth-order valence-electron chi connectivity index (χ4n) is 5.60. The topological polar surface area (TPSA) is 94.7 Å². The van der Waals surface area contributed by atoms with Crippen molar-refractivity contribution in [3.63, 3.8) is 0 Å². The van der Waals surface area contributed by atoms with Crippen LogP contribution in [0.15, 0.2) is 99.9 Å². The molecule has 1 N–H and O–H groups in total. The number of esters is 1. The Kier molecular flexibility index (Phi) is 8.07. The van der Waals surface area contributed by atoms with Crippen LogP contribution in [-0.4, -0.2) is 27.6 Å². The predicted molar refractivity (Wildman–Crippen MR) is 174 cm³/mol. The average molecular weight is 625 g/mol. The van der Waals surface area contributed by atoms with Crippen LogP contribution in [0.5, 0.6) is 0 Å². The van der Waals surface area contributed by atoms with E-state index in [0.717, 1.165) is 27.7 Å². The standard InChI is InChI=1S/C34H29ClN4O4S/c1-4-43-29(40)19-38-21(3)26(25-12-8-9-13-27(25)38)18-28-33(42)39-31(22-14-16-23(35)17-15-22)30(20(2)36-34(39)44-28)32(41)37-24-10-6-5-7-11-24/h5-18,31H,4,19H2,1-3H3,(H,37,41)/b28-18-/t31-/m1/s1. The van der Waals surface area contributed by atoms with E-state index in [2.05, 4.69) is 5.32 Å². The number of halogens is 1. The van der Waals surface area contributed by atoms with E-state index in [4.69, 9.17) is 21.3 Å². The van der Waals surface area contributed by atoms with E-state index in [1.807, 2.05) is 72.2 Å². The van der Waals surface area contributed by atoms with E-state index >= 15 is 0 Å². The molecule has 0 fully saturated rings. The van der Waals surface area contributed by atoms with E-state index in [1.54, 1.807) is 42.7 Å². The lowest BCUT2D eigenvalue weighted by molar-refractivity contribution is -0.143. The van der Waals surface area contributed by atoms with Gasteiger partial charge in [0.25, 0.3) is 11.5 Å². The largest absolute Gasteiger partial charge is 0.465 e. The molecule has 0 unspecified atom stereocenters. The Morgan fingerprint density at radius 2 is 1.73 bits per heavy atom. The first-order valence-corrected chi connectivity index (χ1v) is 15.3. The van der Waals surface area contributed by atoms with Crippen molar-refractivity contribution < 1.29 is 14.3 Å². The molecule has 3 heterocycles. The zero-order valence-electron chi connectivity index (χ0n) is 24.3. The number of hydrogen-bond donors (Lipinski definition) is 1. The molecule has 1 aliphatic rings. The van der Waals surface area contributed by atoms with Crippen molar-refractivity contribution in [2.45, 2.75) is 33.4 Å². The number of fused-ring (bicyclic) bond motifs is 2. The number of hydrogen-bond acceptors (Lipinski definition) is 6. The average Bonchev–Trinajstić information content (AvgIpc) is 3.46. The highest BCUT2D eigenvalue weighted by Gasteiger charge is 2.32. The number of allylic oxidation sites excluding steroid dienone is 1. The van der Waals surface area contributed by atoms with Crippen molar-refractivity contribution in [2.24, 2.45) is 4.99 Å². The highest BCUT2D eigenvalue weighted by atomic mass is 35.5. The van der Waals surface area contributed by atoms with Crippen molar-refractivity contribution in [3.05, 3.63) is 132 Å². The van der Waals surface area contributed by atoms with E-state index in [0.29, 0.717) is 37.9 Å². The number of aromatic nitrogens is 2. The number of anilines is 1. The molecule has 0 aliphatic carbocycles. The lowest BCUT2D eigenvalue weighted by Crippen LogP contribution is -2.40. The Bertz CT molecular complexity index is 2130. The maximum atomic E-state index is 14.2. The van der Waals surface area contributed by atoms with Crippen LogP contribution in [0.4, 0.5) is 5.69 Å². The smallest absolute Gasteiger partial charge is 0.325 e. The van der Waals surface area contributed by atoms with Crippen molar-refractivity contribution >= 4 is 57.5 Å². The third-order valence-electron chi connectivity index (χ3n) is 7.63. The molecular formula is C34H29ClN4O4S. The van der Waals surface area contributed by atoms with Gasteiger partial charge in [0, 0.05) is 32.9 Å². The maximum Gasteiger partial charge on any atom is 0.325 e. The summed E-state index contributed by atoms with van der Waals surface area (Å²) in [4.78, 5) is 45.7. The number of carbonyl (C=O) groups is 2.